The summed E-state index contributed by atoms with van der Waals surface area (Å²) >= 11 is 6.24. The summed E-state index contributed by atoms with van der Waals surface area (Å²) in [7, 11) is 0. The number of rotatable bonds is 5. The van der Waals surface area contributed by atoms with Crippen LogP contribution in [0, 0.1) is 13.1 Å². The van der Waals surface area contributed by atoms with Crippen LogP contribution in [0.4, 0.5) is 22.9 Å². The van der Waals surface area contributed by atoms with Gasteiger partial charge in [-0.15, -0.1) is 0 Å². The number of aromatic nitrogens is 2. The van der Waals surface area contributed by atoms with Gasteiger partial charge in [0.25, 0.3) is 0 Å². The van der Waals surface area contributed by atoms with E-state index in [-0.39, 0.29) is 6.04 Å². The van der Waals surface area contributed by atoms with Gasteiger partial charge < -0.3 is 4.90 Å². The highest BCUT2D eigenvalue weighted by atomic mass is 35.5. The van der Waals surface area contributed by atoms with Gasteiger partial charge in [-0.25, -0.2) is 14.7 Å². The number of hydrogen-bond acceptors (Lipinski definition) is 3. The third kappa shape index (κ3) is 4.38. The van der Waals surface area contributed by atoms with E-state index in [9.17, 15) is 0 Å². The first kappa shape index (κ1) is 20.1. The highest BCUT2D eigenvalue weighted by Crippen LogP contribution is 2.40. The number of nitrogens with zero attached hydrogens (tertiary/aromatic N) is 5. The number of benzene rings is 2. The average molecular weight is 422 g/mol. The first-order chi connectivity index (χ1) is 15.2. The molecule has 2 aromatic carbocycles. The minimum Gasteiger partial charge on any atom is -0.313 e. The Morgan fingerprint density at radius 3 is 2.00 bits per heavy atom. The molecule has 31 heavy (non-hydrogen) atoms. The first-order valence-corrected chi connectivity index (χ1v) is 9.84. The summed E-state index contributed by atoms with van der Waals surface area (Å²) in [4.78, 5) is 18.0. The Morgan fingerprint density at radius 1 is 0.806 bits per heavy atom. The monoisotopic (exact) mass is 421 g/mol. The van der Waals surface area contributed by atoms with Crippen LogP contribution in [0.25, 0.3) is 9.69 Å². The van der Waals surface area contributed by atoms with Crippen molar-refractivity contribution in [3.63, 3.8) is 0 Å². The van der Waals surface area contributed by atoms with Gasteiger partial charge in [0.1, 0.15) is 11.0 Å². The van der Waals surface area contributed by atoms with Crippen LogP contribution in [0.2, 0.25) is 5.15 Å². The fourth-order valence-electron chi connectivity index (χ4n) is 3.46. The smallest absolute Gasteiger partial charge is 0.187 e. The number of anilines is 2. The Morgan fingerprint density at radius 2 is 1.45 bits per heavy atom. The van der Waals surface area contributed by atoms with Crippen LogP contribution in [0.1, 0.15) is 17.2 Å². The molecule has 0 unspecified atom stereocenters. The van der Waals surface area contributed by atoms with E-state index in [0.29, 0.717) is 22.3 Å². The van der Waals surface area contributed by atoms with Crippen LogP contribution >= 0.6 is 11.6 Å². The molecule has 0 amide bonds. The Bertz CT molecular complexity index is 1230. The fourth-order valence-corrected chi connectivity index (χ4v) is 3.62. The molecule has 2 heterocycles. The lowest BCUT2D eigenvalue weighted by molar-refractivity contribution is 0.805. The van der Waals surface area contributed by atoms with E-state index in [1.54, 1.807) is 30.6 Å². The van der Waals surface area contributed by atoms with Crippen LogP contribution in [0.5, 0.6) is 0 Å². The molecule has 0 saturated carbocycles. The van der Waals surface area contributed by atoms with E-state index >= 15 is 0 Å². The van der Waals surface area contributed by atoms with Crippen molar-refractivity contribution < 1.29 is 0 Å². The lowest BCUT2D eigenvalue weighted by Crippen LogP contribution is -2.26. The first-order valence-electron chi connectivity index (χ1n) is 9.46. The van der Waals surface area contributed by atoms with Crippen molar-refractivity contribution in [2.75, 3.05) is 4.90 Å². The van der Waals surface area contributed by atoms with E-state index in [0.717, 1.165) is 16.8 Å². The fraction of sp³-hybridized carbons (Fsp3) is 0.0400. The molecule has 0 atom stereocenters. The molecule has 4 aromatic rings. The number of pyridine rings is 2. The van der Waals surface area contributed by atoms with Crippen molar-refractivity contribution in [1.82, 2.24) is 9.97 Å². The van der Waals surface area contributed by atoms with Crippen molar-refractivity contribution in [3.8, 4) is 0 Å². The Hall–Kier alpha value is -4.19. The Kier molecular flexibility index (Phi) is 5.89. The van der Waals surface area contributed by atoms with Crippen LogP contribution in [-0.4, -0.2) is 9.97 Å². The van der Waals surface area contributed by atoms with Gasteiger partial charge in [-0.1, -0.05) is 66.2 Å². The lowest BCUT2D eigenvalue weighted by atomic mass is 9.95. The summed E-state index contributed by atoms with van der Waals surface area (Å²) in [5, 5.41) is 0.370. The predicted molar refractivity (Wildman–Crippen MR) is 123 cm³/mol. The lowest BCUT2D eigenvalue weighted by Gasteiger charge is -2.34. The molecule has 0 aliphatic rings. The quantitative estimate of drug-likeness (QED) is 0.253. The van der Waals surface area contributed by atoms with E-state index in [4.69, 9.17) is 24.7 Å². The Labute approximate surface area is 185 Å². The van der Waals surface area contributed by atoms with Crippen molar-refractivity contribution in [3.05, 3.63) is 130 Å². The molecule has 0 spiro atoms. The average Bonchev–Trinajstić information content (AvgIpc) is 2.83. The normalized spacial score (nSPS) is 10.3. The molecule has 0 N–H and O–H groups in total. The van der Waals surface area contributed by atoms with E-state index in [1.165, 1.54) is 0 Å². The van der Waals surface area contributed by atoms with Crippen molar-refractivity contribution in [1.29, 1.82) is 0 Å². The second kappa shape index (κ2) is 9.09. The van der Waals surface area contributed by atoms with E-state index in [2.05, 4.69) is 19.7 Å². The van der Waals surface area contributed by atoms with Gasteiger partial charge in [-0.05, 0) is 35.4 Å². The van der Waals surface area contributed by atoms with Crippen LogP contribution in [0.15, 0.2) is 91.3 Å². The van der Waals surface area contributed by atoms with Crippen molar-refractivity contribution in [2.24, 2.45) is 0 Å². The molecule has 6 heteroatoms. The van der Waals surface area contributed by atoms with Crippen molar-refractivity contribution >= 4 is 34.5 Å². The topological polar surface area (TPSA) is 37.7 Å². The molecule has 4 rings (SSSR count). The second-order valence-electron chi connectivity index (χ2n) is 6.72. The molecule has 148 valence electrons. The molecule has 5 nitrogen and oxygen atoms in total. The zero-order valence-electron chi connectivity index (χ0n) is 16.4. The van der Waals surface area contributed by atoms with Gasteiger partial charge in [0, 0.05) is 6.20 Å². The maximum atomic E-state index is 7.45. The molecule has 0 aliphatic carbocycles. The van der Waals surface area contributed by atoms with Crippen LogP contribution in [0.3, 0.4) is 0 Å². The molecular weight excluding hydrogens is 406 g/mol. The highest BCUT2D eigenvalue weighted by Gasteiger charge is 2.26. The van der Waals surface area contributed by atoms with Gasteiger partial charge in [0.2, 0.25) is 0 Å². The highest BCUT2D eigenvalue weighted by molar-refractivity contribution is 6.29. The molecule has 2 aromatic heterocycles. The maximum Gasteiger partial charge on any atom is 0.187 e. The summed E-state index contributed by atoms with van der Waals surface area (Å²) in [5.74, 6) is 0.631. The third-order valence-corrected chi connectivity index (χ3v) is 4.97. The van der Waals surface area contributed by atoms with Gasteiger partial charge in [0.05, 0.1) is 31.1 Å². The van der Waals surface area contributed by atoms with Gasteiger partial charge in [-0.3, -0.25) is 4.98 Å². The molecule has 0 aliphatic heterocycles. The largest absolute Gasteiger partial charge is 0.313 e. The molecule has 0 saturated heterocycles. The molecule has 0 fully saturated rings. The predicted octanol–water partition coefficient (Wildman–Crippen LogP) is 7.16. The minimum absolute atomic E-state index is 0.362. The summed E-state index contributed by atoms with van der Waals surface area (Å²) in [6, 6.07) is 23.8. The van der Waals surface area contributed by atoms with Crippen molar-refractivity contribution in [2.45, 2.75) is 6.04 Å². The van der Waals surface area contributed by atoms with Gasteiger partial charge in [-0.2, -0.15) is 0 Å². The molecule has 0 bridgehead atoms. The van der Waals surface area contributed by atoms with E-state index < -0.39 is 0 Å². The zero-order chi connectivity index (χ0) is 21.6. The third-order valence-electron chi connectivity index (χ3n) is 4.76. The zero-order valence-corrected chi connectivity index (χ0v) is 17.1. The molecular formula is C25H16ClN5. The van der Waals surface area contributed by atoms with Gasteiger partial charge in [0.15, 0.2) is 11.4 Å². The SMILES string of the molecule is [C-]#[N+]c1cccc(C(c2cccc([N+]#[C-])c2)N(c2cccnc2)c2cccc(Cl)n2)c1. The maximum absolute atomic E-state index is 7.45. The number of halogens is 1. The summed E-state index contributed by atoms with van der Waals surface area (Å²) in [5.41, 5.74) is 3.66. The summed E-state index contributed by atoms with van der Waals surface area (Å²) in [6.45, 7) is 14.9. The van der Waals surface area contributed by atoms with Crippen LogP contribution < -0.4 is 4.90 Å². The van der Waals surface area contributed by atoms with Gasteiger partial charge >= 0.3 is 0 Å². The standard InChI is InChI=1S/C25H16ClN5/c1-27-20-9-3-7-18(15-20)25(19-8-4-10-21(16-19)28-2)31(22-11-6-14-29-17-22)24-13-5-12-23(26)30-24/h3-17,25H. The van der Waals surface area contributed by atoms with E-state index in [1.807, 2.05) is 65.6 Å². The number of hydrogen-bond donors (Lipinski definition) is 0. The second-order valence-corrected chi connectivity index (χ2v) is 7.10. The van der Waals surface area contributed by atoms with Crippen LogP contribution in [-0.2, 0) is 0 Å². The molecule has 0 radical (unpaired) electrons. The minimum atomic E-state index is -0.362. The summed E-state index contributed by atoms with van der Waals surface area (Å²) < 4.78 is 0. The summed E-state index contributed by atoms with van der Waals surface area (Å²) in [6.07, 6.45) is 3.47. The Balaban J connectivity index is 2.00.